The van der Waals surface area contributed by atoms with Crippen LogP contribution in [0, 0.1) is 6.92 Å². The van der Waals surface area contributed by atoms with Crippen molar-refractivity contribution < 1.29 is 14.7 Å². The van der Waals surface area contributed by atoms with E-state index in [2.05, 4.69) is 10.1 Å². The largest absolute Gasteiger partial charge is 0.472 e. The maximum atomic E-state index is 8.67. The van der Waals surface area contributed by atoms with Gasteiger partial charge in [-0.25, -0.2) is 4.98 Å². The predicted octanol–water partition coefficient (Wildman–Crippen LogP) is 0.898. The van der Waals surface area contributed by atoms with Gasteiger partial charge < -0.3 is 20.4 Å². The molecule has 0 radical (unpaired) electrons. The minimum atomic E-state index is -0.167. The van der Waals surface area contributed by atoms with E-state index in [1.54, 1.807) is 19.2 Å². The van der Waals surface area contributed by atoms with Gasteiger partial charge in [0.15, 0.2) is 5.84 Å². The molecule has 1 rings (SSSR count). The first kappa shape index (κ1) is 13.2. The van der Waals surface area contributed by atoms with Crippen molar-refractivity contribution in [3.05, 3.63) is 23.4 Å². The number of hydrogen-bond acceptors (Lipinski definition) is 5. The van der Waals surface area contributed by atoms with Crippen LogP contribution in [0.25, 0.3) is 0 Å². The van der Waals surface area contributed by atoms with Gasteiger partial charge in [-0.3, -0.25) is 0 Å². The number of nitrogens with zero attached hydrogens (tertiary/aromatic N) is 2. The van der Waals surface area contributed by atoms with Gasteiger partial charge in [-0.1, -0.05) is 5.16 Å². The lowest BCUT2D eigenvalue weighted by molar-refractivity contribution is 0.0887. The Hall–Kier alpha value is -1.82. The molecule has 6 heteroatoms. The first-order valence-electron chi connectivity index (χ1n) is 5.19. The molecule has 1 atom stereocenters. The molecular weight excluding hydrogens is 222 g/mol. The smallest absolute Gasteiger partial charge is 0.225 e. The summed E-state index contributed by atoms with van der Waals surface area (Å²) >= 11 is 0. The van der Waals surface area contributed by atoms with Gasteiger partial charge in [0.1, 0.15) is 6.10 Å². The highest BCUT2D eigenvalue weighted by molar-refractivity contribution is 5.99. The number of aryl methyl sites for hydroxylation is 1. The molecule has 6 nitrogen and oxygen atoms in total. The van der Waals surface area contributed by atoms with Crippen molar-refractivity contribution in [1.82, 2.24) is 4.98 Å². The highest BCUT2D eigenvalue weighted by atomic mass is 16.5. The Labute approximate surface area is 100 Å². The molecule has 1 aromatic rings. The standard InChI is InChI=1S/C11H17N3O3/c1-7-4-5-9(10(12)14-15)11(13-7)17-8(2)6-16-3/h4-5,8,15H,6H2,1-3H3,(H2,12,14). The molecule has 1 aromatic heterocycles. The molecule has 0 saturated carbocycles. The van der Waals surface area contributed by atoms with Crippen molar-refractivity contribution in [2.24, 2.45) is 10.9 Å². The topological polar surface area (TPSA) is 90.0 Å². The molecule has 0 fully saturated rings. The van der Waals surface area contributed by atoms with Crippen molar-refractivity contribution in [1.29, 1.82) is 0 Å². The zero-order valence-electron chi connectivity index (χ0n) is 10.2. The Kier molecular flexibility index (Phi) is 4.71. The third kappa shape index (κ3) is 3.60. The minimum absolute atomic E-state index is 0.0304. The second-order valence-corrected chi connectivity index (χ2v) is 3.67. The number of nitrogens with two attached hydrogens (primary N) is 1. The molecule has 17 heavy (non-hydrogen) atoms. The molecule has 0 saturated heterocycles. The molecular formula is C11H17N3O3. The summed E-state index contributed by atoms with van der Waals surface area (Å²) < 4.78 is 10.6. The average Bonchev–Trinajstić information content (AvgIpc) is 2.28. The number of aromatic nitrogens is 1. The molecule has 0 spiro atoms. The first-order valence-corrected chi connectivity index (χ1v) is 5.19. The number of hydrogen-bond donors (Lipinski definition) is 2. The maximum Gasteiger partial charge on any atom is 0.225 e. The number of pyridine rings is 1. The summed E-state index contributed by atoms with van der Waals surface area (Å²) in [6, 6.07) is 3.47. The fraction of sp³-hybridized carbons (Fsp3) is 0.455. The van der Waals surface area contributed by atoms with Gasteiger partial charge in [-0.15, -0.1) is 0 Å². The number of methoxy groups -OCH3 is 1. The third-order valence-electron chi connectivity index (χ3n) is 2.10. The Morgan fingerprint density at radius 2 is 2.29 bits per heavy atom. The molecule has 94 valence electrons. The van der Waals surface area contributed by atoms with Crippen LogP contribution in [0.5, 0.6) is 5.88 Å². The van der Waals surface area contributed by atoms with Crippen LogP contribution in [0.4, 0.5) is 0 Å². The van der Waals surface area contributed by atoms with Gasteiger partial charge in [0.05, 0.1) is 12.2 Å². The van der Waals surface area contributed by atoms with Gasteiger partial charge in [0.25, 0.3) is 0 Å². The van der Waals surface area contributed by atoms with Crippen LogP contribution in [-0.2, 0) is 4.74 Å². The van der Waals surface area contributed by atoms with E-state index in [9.17, 15) is 0 Å². The summed E-state index contributed by atoms with van der Waals surface area (Å²) in [7, 11) is 1.59. The van der Waals surface area contributed by atoms with Crippen LogP contribution in [-0.4, -0.2) is 35.8 Å². The fourth-order valence-corrected chi connectivity index (χ4v) is 1.33. The van der Waals surface area contributed by atoms with Crippen LogP contribution in [0.3, 0.4) is 0 Å². The van der Waals surface area contributed by atoms with E-state index in [-0.39, 0.29) is 11.9 Å². The number of ether oxygens (including phenoxy) is 2. The molecule has 0 bridgehead atoms. The molecule has 0 aliphatic carbocycles. The van der Waals surface area contributed by atoms with Crippen molar-refractivity contribution >= 4 is 5.84 Å². The summed E-state index contributed by atoms with van der Waals surface area (Å²) in [5, 5.41) is 11.6. The zero-order valence-corrected chi connectivity index (χ0v) is 10.2. The second kappa shape index (κ2) is 6.05. The lowest BCUT2D eigenvalue weighted by Crippen LogP contribution is -2.22. The Morgan fingerprint density at radius 1 is 1.59 bits per heavy atom. The minimum Gasteiger partial charge on any atom is -0.472 e. The Bertz CT molecular complexity index is 407. The highest BCUT2D eigenvalue weighted by Crippen LogP contribution is 2.17. The summed E-state index contributed by atoms with van der Waals surface area (Å²) in [6.45, 7) is 4.12. The lowest BCUT2D eigenvalue weighted by Gasteiger charge is -2.15. The van der Waals surface area contributed by atoms with E-state index < -0.39 is 0 Å². The maximum absolute atomic E-state index is 8.67. The molecule has 0 aliphatic rings. The zero-order chi connectivity index (χ0) is 12.8. The van der Waals surface area contributed by atoms with Crippen LogP contribution in [0.2, 0.25) is 0 Å². The summed E-state index contributed by atoms with van der Waals surface area (Å²) in [4.78, 5) is 4.21. The number of amidine groups is 1. The fourth-order valence-electron chi connectivity index (χ4n) is 1.33. The Balaban J connectivity index is 2.99. The van der Waals surface area contributed by atoms with E-state index in [0.29, 0.717) is 18.1 Å². The quantitative estimate of drug-likeness (QED) is 0.345. The molecule has 0 aliphatic heterocycles. The van der Waals surface area contributed by atoms with E-state index in [0.717, 1.165) is 5.69 Å². The molecule has 3 N–H and O–H groups in total. The number of rotatable bonds is 5. The first-order chi connectivity index (χ1) is 8.08. The van der Waals surface area contributed by atoms with Crippen molar-refractivity contribution in [2.75, 3.05) is 13.7 Å². The molecule has 1 heterocycles. The van der Waals surface area contributed by atoms with E-state index in [4.69, 9.17) is 20.4 Å². The van der Waals surface area contributed by atoms with E-state index >= 15 is 0 Å². The van der Waals surface area contributed by atoms with Gasteiger partial charge in [-0.05, 0) is 26.0 Å². The SMILES string of the molecule is COCC(C)Oc1nc(C)ccc1C(N)=NO. The predicted molar refractivity (Wildman–Crippen MR) is 63.5 cm³/mol. The van der Waals surface area contributed by atoms with Gasteiger partial charge in [0, 0.05) is 12.8 Å². The van der Waals surface area contributed by atoms with Crippen molar-refractivity contribution in [2.45, 2.75) is 20.0 Å². The van der Waals surface area contributed by atoms with Crippen molar-refractivity contribution in [3.8, 4) is 5.88 Å². The van der Waals surface area contributed by atoms with Gasteiger partial charge in [0.2, 0.25) is 5.88 Å². The summed E-state index contributed by atoms with van der Waals surface area (Å²) in [5.74, 6) is 0.307. The monoisotopic (exact) mass is 239 g/mol. The summed E-state index contributed by atoms with van der Waals surface area (Å²) in [5.41, 5.74) is 6.79. The van der Waals surface area contributed by atoms with Crippen LogP contribution < -0.4 is 10.5 Å². The lowest BCUT2D eigenvalue weighted by atomic mass is 10.2. The van der Waals surface area contributed by atoms with E-state index in [1.165, 1.54) is 0 Å². The van der Waals surface area contributed by atoms with Crippen LogP contribution in [0.1, 0.15) is 18.2 Å². The van der Waals surface area contributed by atoms with Crippen molar-refractivity contribution in [3.63, 3.8) is 0 Å². The van der Waals surface area contributed by atoms with E-state index in [1.807, 2.05) is 13.8 Å². The summed E-state index contributed by atoms with van der Waals surface area (Å²) in [6.07, 6.45) is -0.167. The van der Waals surface area contributed by atoms with Crippen LogP contribution in [0.15, 0.2) is 17.3 Å². The molecule has 0 amide bonds. The highest BCUT2D eigenvalue weighted by Gasteiger charge is 2.13. The average molecular weight is 239 g/mol. The normalized spacial score (nSPS) is 13.5. The van der Waals surface area contributed by atoms with Crippen LogP contribution >= 0.6 is 0 Å². The Morgan fingerprint density at radius 3 is 2.88 bits per heavy atom. The molecule has 0 aromatic carbocycles. The second-order valence-electron chi connectivity index (χ2n) is 3.67. The van der Waals surface area contributed by atoms with Gasteiger partial charge >= 0.3 is 0 Å². The number of oxime groups is 1. The molecule has 1 unspecified atom stereocenters. The third-order valence-corrected chi connectivity index (χ3v) is 2.10. The van der Waals surface area contributed by atoms with Gasteiger partial charge in [-0.2, -0.15) is 0 Å².